The maximum Gasteiger partial charge on any atom is 0.306 e. The highest BCUT2D eigenvalue weighted by Crippen LogP contribution is 2.16. The van der Waals surface area contributed by atoms with E-state index in [0.717, 1.165) is 154 Å². The molecule has 0 aromatic carbocycles. The summed E-state index contributed by atoms with van der Waals surface area (Å²) in [6.45, 7) is 3.91. The van der Waals surface area contributed by atoms with Crippen LogP contribution in [-0.2, 0) is 19.1 Å². The molecule has 5 nitrogen and oxygen atoms in total. The summed E-state index contributed by atoms with van der Waals surface area (Å²) in [7, 11) is 0. The summed E-state index contributed by atoms with van der Waals surface area (Å²) < 4.78 is 10.8. The first-order valence-electron chi connectivity index (χ1n) is 36.6. The van der Waals surface area contributed by atoms with E-state index in [9.17, 15) is 14.7 Å². The molecule has 0 rings (SSSR count). The molecule has 0 aliphatic heterocycles. The molecule has 1 atom stereocenters. The molecule has 0 aliphatic rings. The zero-order chi connectivity index (χ0) is 64.7. The zero-order valence-corrected chi connectivity index (χ0v) is 57.8. The predicted octanol–water partition coefficient (Wildman–Crippen LogP) is 26.1. The average molecular weight is 1240 g/mol. The van der Waals surface area contributed by atoms with E-state index in [4.69, 9.17) is 9.47 Å². The van der Waals surface area contributed by atoms with Crippen LogP contribution in [0.2, 0.25) is 0 Å². The van der Waals surface area contributed by atoms with Gasteiger partial charge in [0, 0.05) is 12.8 Å². The molecule has 0 bridgehead atoms. The van der Waals surface area contributed by atoms with Gasteiger partial charge in [-0.15, -0.1) is 0 Å². The number of carbonyl (C=O) groups excluding carboxylic acids is 2. The Morgan fingerprint density at radius 2 is 0.444 bits per heavy atom. The number of esters is 2. The Kier molecular flexibility index (Phi) is 73.0. The Balaban J connectivity index is 3.57. The molecule has 1 N–H and O–H groups in total. The Hall–Kier alpha value is -5.52. The largest absolute Gasteiger partial charge is 0.462 e. The van der Waals surface area contributed by atoms with Gasteiger partial charge in [0.1, 0.15) is 6.61 Å². The van der Waals surface area contributed by atoms with Gasteiger partial charge in [-0.2, -0.15) is 0 Å². The molecule has 0 radical (unpaired) electrons. The fraction of sp³-hybridized carbons (Fsp3) is 0.576. The molecular weight excluding hydrogens is 1100 g/mol. The summed E-state index contributed by atoms with van der Waals surface area (Å²) in [6, 6.07) is 0. The maximum absolute atomic E-state index is 12.4. The average Bonchev–Trinajstić information content (AvgIpc) is 3.59. The molecule has 0 aliphatic carbocycles. The van der Waals surface area contributed by atoms with E-state index < -0.39 is 6.10 Å². The van der Waals surface area contributed by atoms with E-state index in [1.807, 2.05) is 0 Å². The van der Waals surface area contributed by atoms with E-state index in [0.29, 0.717) is 12.8 Å². The van der Waals surface area contributed by atoms with Gasteiger partial charge in [0.05, 0.1) is 6.61 Å². The molecule has 0 fully saturated rings. The minimum atomic E-state index is -0.793. The standard InChI is InChI=1S/C85H134O5/c1-3-5-7-9-11-13-15-17-19-21-23-25-27-29-31-33-35-37-39-41-42-44-46-48-50-52-54-56-58-60-62-64-66-68-70-72-74-76-78-80-85(88)90-83(81-86)82-89-84(87)79-77-75-73-71-69-67-65-63-61-59-57-55-53-51-49-47-45-43-40-38-36-34-32-30-28-26-24-22-20-18-16-14-12-10-8-6-4-2/h5-8,11-14,17-20,23-26,29-32,35-38,41-43,45-46,48,52,54,58,60,83,86H,3-4,9-10,15-16,21-22,27-28,33-34,39-40,44,47,49-51,53,55-57,59,61-82H2,1-2H3/b7-5-,8-6-,13-11-,14-12-,19-17-,20-18-,25-23-,26-24-,31-29-,32-30-,37-35-,38-36-,42-41-,45-43-,48-46-,54-52-,60-58-. The van der Waals surface area contributed by atoms with Gasteiger partial charge in [-0.1, -0.05) is 342 Å². The highest BCUT2D eigenvalue weighted by atomic mass is 16.6. The van der Waals surface area contributed by atoms with Crippen molar-refractivity contribution in [1.82, 2.24) is 0 Å². The van der Waals surface area contributed by atoms with Crippen molar-refractivity contribution in [1.29, 1.82) is 0 Å². The Bertz CT molecular complexity index is 2090. The van der Waals surface area contributed by atoms with Gasteiger partial charge < -0.3 is 14.6 Å². The van der Waals surface area contributed by atoms with Crippen LogP contribution in [0.3, 0.4) is 0 Å². The van der Waals surface area contributed by atoms with E-state index >= 15 is 0 Å². The lowest BCUT2D eigenvalue weighted by atomic mass is 10.0. The topological polar surface area (TPSA) is 72.8 Å². The SMILES string of the molecule is CC/C=C\C/C=C\C/C=C\C/C=C\C/C=C\C/C=C\C/C=C\C/C=C\C/C=C\C/C=C\CCCCCCCCCCC(=O)OC(CO)COC(=O)CCCCCCCCCCCCCCCCC/C=C\C/C=C\C/C=C\C/C=C\C/C=C\C/C=C\C/C=C\CC. The fourth-order valence-corrected chi connectivity index (χ4v) is 9.68. The number of hydrogen-bond donors (Lipinski definition) is 1. The van der Waals surface area contributed by atoms with Crippen LogP contribution in [0.15, 0.2) is 207 Å². The van der Waals surface area contributed by atoms with Crippen LogP contribution < -0.4 is 0 Å². The molecule has 0 heterocycles. The third kappa shape index (κ3) is 74.9. The molecule has 0 aromatic rings. The van der Waals surface area contributed by atoms with Crippen molar-refractivity contribution in [2.45, 2.75) is 302 Å². The lowest BCUT2D eigenvalue weighted by Crippen LogP contribution is -2.28. The van der Waals surface area contributed by atoms with Crippen LogP contribution >= 0.6 is 0 Å². The van der Waals surface area contributed by atoms with Gasteiger partial charge in [-0.3, -0.25) is 9.59 Å². The van der Waals surface area contributed by atoms with Gasteiger partial charge in [0.15, 0.2) is 6.10 Å². The molecule has 90 heavy (non-hydrogen) atoms. The van der Waals surface area contributed by atoms with E-state index in [2.05, 4.69) is 220 Å². The Morgan fingerprint density at radius 1 is 0.256 bits per heavy atom. The summed E-state index contributed by atoms with van der Waals surface area (Å²) in [5, 5.41) is 9.72. The van der Waals surface area contributed by atoms with Crippen LogP contribution in [0.25, 0.3) is 0 Å². The minimum absolute atomic E-state index is 0.0797. The summed E-state index contributed by atoms with van der Waals surface area (Å²) in [5.41, 5.74) is 0. The third-order valence-electron chi connectivity index (χ3n) is 15.1. The first kappa shape index (κ1) is 84.5. The minimum Gasteiger partial charge on any atom is -0.462 e. The highest BCUT2D eigenvalue weighted by molar-refractivity contribution is 5.70. The fourth-order valence-electron chi connectivity index (χ4n) is 9.68. The van der Waals surface area contributed by atoms with E-state index in [1.54, 1.807) is 0 Å². The Morgan fingerprint density at radius 3 is 0.667 bits per heavy atom. The van der Waals surface area contributed by atoms with Crippen molar-refractivity contribution in [2.75, 3.05) is 13.2 Å². The van der Waals surface area contributed by atoms with Crippen molar-refractivity contribution < 1.29 is 24.2 Å². The second-order valence-corrected chi connectivity index (χ2v) is 23.6. The number of unbranched alkanes of at least 4 members (excludes halogenated alkanes) is 23. The second-order valence-electron chi connectivity index (χ2n) is 23.6. The van der Waals surface area contributed by atoms with Crippen LogP contribution in [0, 0.1) is 0 Å². The number of ether oxygens (including phenoxy) is 2. The summed E-state index contributed by atoms with van der Waals surface area (Å²) in [4.78, 5) is 24.7. The summed E-state index contributed by atoms with van der Waals surface area (Å²) in [6.07, 6.45) is 124. The van der Waals surface area contributed by atoms with Gasteiger partial charge in [-0.25, -0.2) is 0 Å². The van der Waals surface area contributed by atoms with Gasteiger partial charge in [0.2, 0.25) is 0 Å². The van der Waals surface area contributed by atoms with E-state index in [1.165, 1.54) is 116 Å². The quantitative estimate of drug-likeness (QED) is 0.0373. The van der Waals surface area contributed by atoms with Crippen LogP contribution in [0.4, 0.5) is 0 Å². The molecular formula is C85H134O5. The number of aliphatic hydroxyl groups is 1. The van der Waals surface area contributed by atoms with Gasteiger partial charge in [0.25, 0.3) is 0 Å². The molecule has 1 unspecified atom stereocenters. The number of carbonyl (C=O) groups is 2. The lowest BCUT2D eigenvalue weighted by molar-refractivity contribution is -0.161. The van der Waals surface area contributed by atoms with Crippen LogP contribution in [0.5, 0.6) is 0 Å². The van der Waals surface area contributed by atoms with Gasteiger partial charge >= 0.3 is 11.9 Å². The Labute approximate surface area is 555 Å². The van der Waals surface area contributed by atoms with Crippen molar-refractivity contribution in [3.8, 4) is 0 Å². The number of hydrogen-bond acceptors (Lipinski definition) is 5. The molecule has 0 amide bonds. The van der Waals surface area contributed by atoms with E-state index in [-0.39, 0.29) is 25.2 Å². The number of allylic oxidation sites excluding steroid dienone is 34. The molecule has 0 saturated carbocycles. The monoisotopic (exact) mass is 1240 g/mol. The summed E-state index contributed by atoms with van der Waals surface area (Å²) >= 11 is 0. The molecule has 0 spiro atoms. The highest BCUT2D eigenvalue weighted by Gasteiger charge is 2.16. The third-order valence-corrected chi connectivity index (χ3v) is 15.1. The zero-order valence-electron chi connectivity index (χ0n) is 57.8. The number of rotatable bonds is 65. The molecule has 0 aromatic heterocycles. The first-order valence-corrected chi connectivity index (χ1v) is 36.6. The number of aliphatic hydroxyl groups excluding tert-OH is 1. The van der Waals surface area contributed by atoms with Crippen molar-refractivity contribution in [2.24, 2.45) is 0 Å². The maximum atomic E-state index is 12.4. The lowest BCUT2D eigenvalue weighted by Gasteiger charge is -2.15. The normalized spacial score (nSPS) is 13.5. The second kappa shape index (κ2) is 77.7. The van der Waals surface area contributed by atoms with Crippen molar-refractivity contribution in [3.63, 3.8) is 0 Å². The molecule has 504 valence electrons. The summed E-state index contributed by atoms with van der Waals surface area (Å²) in [5.74, 6) is -0.607. The van der Waals surface area contributed by atoms with Crippen LogP contribution in [0.1, 0.15) is 296 Å². The van der Waals surface area contributed by atoms with Crippen molar-refractivity contribution >= 4 is 11.9 Å². The molecule has 5 heteroatoms. The van der Waals surface area contributed by atoms with Gasteiger partial charge in [-0.05, 0) is 148 Å². The van der Waals surface area contributed by atoms with Crippen molar-refractivity contribution in [3.05, 3.63) is 207 Å². The first-order chi connectivity index (χ1) is 44.6. The van der Waals surface area contributed by atoms with Crippen LogP contribution in [-0.4, -0.2) is 36.4 Å². The smallest absolute Gasteiger partial charge is 0.306 e. The molecule has 0 saturated heterocycles. The predicted molar refractivity (Wildman–Crippen MR) is 398 cm³/mol.